The number of rotatable bonds is 6. The van der Waals surface area contributed by atoms with Gasteiger partial charge in [0.2, 0.25) is 11.8 Å². The van der Waals surface area contributed by atoms with Gasteiger partial charge in [-0.05, 0) is 62.8 Å². The molecule has 4 N–H and O–H groups in total. The van der Waals surface area contributed by atoms with Crippen LogP contribution in [0.25, 0.3) is 0 Å². The van der Waals surface area contributed by atoms with Gasteiger partial charge in [-0.15, -0.1) is 0 Å². The SMILES string of the molecule is CC(C)NC(=O)CCCC(=O)NC1CCCc2cc(N)ccc21. The largest absolute Gasteiger partial charge is 0.399 e. The molecule has 2 rings (SSSR count). The average molecular weight is 317 g/mol. The number of hydrogen-bond donors (Lipinski definition) is 3. The highest BCUT2D eigenvalue weighted by molar-refractivity contribution is 5.79. The number of hydrogen-bond acceptors (Lipinski definition) is 3. The number of aryl methyl sites for hydroxylation is 1. The molecule has 0 saturated heterocycles. The molecule has 1 aliphatic rings. The second-order valence-corrected chi connectivity index (χ2v) is 6.55. The normalized spacial score (nSPS) is 16.7. The van der Waals surface area contributed by atoms with Crippen molar-refractivity contribution in [1.82, 2.24) is 10.6 Å². The van der Waals surface area contributed by atoms with E-state index < -0.39 is 0 Å². The maximum absolute atomic E-state index is 12.1. The minimum Gasteiger partial charge on any atom is -0.399 e. The third-order valence-corrected chi connectivity index (χ3v) is 4.07. The number of nitrogen functional groups attached to an aromatic ring is 1. The number of anilines is 1. The third kappa shape index (κ3) is 5.27. The van der Waals surface area contributed by atoms with Crippen LogP contribution in [-0.4, -0.2) is 17.9 Å². The molecule has 0 bridgehead atoms. The second kappa shape index (κ2) is 7.99. The molecule has 126 valence electrons. The first-order valence-electron chi connectivity index (χ1n) is 8.42. The van der Waals surface area contributed by atoms with E-state index in [0.717, 1.165) is 24.9 Å². The van der Waals surface area contributed by atoms with Gasteiger partial charge in [0.05, 0.1) is 6.04 Å². The maximum Gasteiger partial charge on any atom is 0.220 e. The quantitative estimate of drug-likeness (QED) is 0.705. The molecule has 0 aromatic heterocycles. The molecule has 0 aliphatic heterocycles. The van der Waals surface area contributed by atoms with Gasteiger partial charge in [-0.1, -0.05) is 6.07 Å². The summed E-state index contributed by atoms with van der Waals surface area (Å²) >= 11 is 0. The number of benzene rings is 1. The number of fused-ring (bicyclic) bond motifs is 1. The number of nitrogens with two attached hydrogens (primary N) is 1. The highest BCUT2D eigenvalue weighted by Crippen LogP contribution is 2.31. The van der Waals surface area contributed by atoms with E-state index in [1.807, 2.05) is 32.0 Å². The number of carbonyl (C=O) groups excluding carboxylic acids is 2. The standard InChI is InChI=1S/C18H27N3O2/c1-12(2)20-17(22)7-4-8-18(23)21-16-6-3-5-13-11-14(19)9-10-15(13)16/h9-12,16H,3-8,19H2,1-2H3,(H,20,22)(H,21,23). The van der Waals surface area contributed by atoms with Gasteiger partial charge in [-0.3, -0.25) is 9.59 Å². The fraction of sp³-hybridized carbons (Fsp3) is 0.556. The first-order valence-corrected chi connectivity index (χ1v) is 8.42. The molecule has 0 saturated carbocycles. The summed E-state index contributed by atoms with van der Waals surface area (Å²) in [6.45, 7) is 3.86. The second-order valence-electron chi connectivity index (χ2n) is 6.55. The summed E-state index contributed by atoms with van der Waals surface area (Å²) in [7, 11) is 0. The monoisotopic (exact) mass is 317 g/mol. The molecule has 0 heterocycles. The lowest BCUT2D eigenvalue weighted by Crippen LogP contribution is -2.32. The van der Waals surface area contributed by atoms with Crippen LogP contribution in [0.3, 0.4) is 0 Å². The van der Waals surface area contributed by atoms with Gasteiger partial charge < -0.3 is 16.4 Å². The van der Waals surface area contributed by atoms with Crippen LogP contribution in [0.15, 0.2) is 18.2 Å². The molecule has 2 amide bonds. The summed E-state index contributed by atoms with van der Waals surface area (Å²) in [6.07, 6.45) is 4.37. The van der Waals surface area contributed by atoms with Crippen molar-refractivity contribution in [3.8, 4) is 0 Å². The highest BCUT2D eigenvalue weighted by Gasteiger charge is 2.21. The summed E-state index contributed by atoms with van der Waals surface area (Å²) in [5.74, 6) is 0.0170. The molecule has 1 aliphatic carbocycles. The molecule has 1 atom stereocenters. The number of amides is 2. The van der Waals surface area contributed by atoms with Crippen molar-refractivity contribution in [2.24, 2.45) is 0 Å². The van der Waals surface area contributed by atoms with E-state index in [1.165, 1.54) is 11.1 Å². The van der Waals surface area contributed by atoms with Crippen molar-refractivity contribution in [2.75, 3.05) is 5.73 Å². The van der Waals surface area contributed by atoms with Crippen molar-refractivity contribution >= 4 is 17.5 Å². The predicted molar refractivity (Wildman–Crippen MR) is 91.8 cm³/mol. The number of carbonyl (C=O) groups is 2. The first-order chi connectivity index (χ1) is 11.0. The molecule has 1 aromatic carbocycles. The smallest absolute Gasteiger partial charge is 0.220 e. The summed E-state index contributed by atoms with van der Waals surface area (Å²) in [5, 5.41) is 5.93. The lowest BCUT2D eigenvalue weighted by atomic mass is 9.87. The van der Waals surface area contributed by atoms with Crippen molar-refractivity contribution in [2.45, 2.75) is 64.5 Å². The van der Waals surface area contributed by atoms with Gasteiger partial charge in [0, 0.05) is 24.6 Å². The first kappa shape index (κ1) is 17.3. The van der Waals surface area contributed by atoms with Crippen LogP contribution in [-0.2, 0) is 16.0 Å². The Morgan fingerprint density at radius 1 is 1.26 bits per heavy atom. The van der Waals surface area contributed by atoms with Gasteiger partial charge in [0.1, 0.15) is 0 Å². The van der Waals surface area contributed by atoms with E-state index in [4.69, 9.17) is 5.73 Å². The number of nitrogens with one attached hydrogen (secondary N) is 2. The van der Waals surface area contributed by atoms with Crippen LogP contribution in [0, 0.1) is 0 Å². The average Bonchev–Trinajstić information content (AvgIpc) is 2.46. The van der Waals surface area contributed by atoms with Crippen molar-refractivity contribution < 1.29 is 9.59 Å². The molecule has 0 fully saturated rings. The topological polar surface area (TPSA) is 84.2 Å². The zero-order valence-corrected chi connectivity index (χ0v) is 14.0. The van der Waals surface area contributed by atoms with Crippen LogP contribution in [0.1, 0.15) is 63.1 Å². The van der Waals surface area contributed by atoms with E-state index in [2.05, 4.69) is 10.6 Å². The van der Waals surface area contributed by atoms with Gasteiger partial charge >= 0.3 is 0 Å². The van der Waals surface area contributed by atoms with E-state index in [9.17, 15) is 9.59 Å². The zero-order chi connectivity index (χ0) is 16.8. The Labute approximate surface area is 138 Å². The lowest BCUT2D eigenvalue weighted by Gasteiger charge is -2.26. The van der Waals surface area contributed by atoms with E-state index in [-0.39, 0.29) is 23.9 Å². The molecular formula is C18H27N3O2. The minimum atomic E-state index is 0.00582. The molecule has 23 heavy (non-hydrogen) atoms. The van der Waals surface area contributed by atoms with Crippen LogP contribution in [0.4, 0.5) is 5.69 Å². The summed E-state index contributed by atoms with van der Waals surface area (Å²) in [5.41, 5.74) is 9.01. The van der Waals surface area contributed by atoms with Crippen LogP contribution >= 0.6 is 0 Å². The molecule has 0 radical (unpaired) electrons. The van der Waals surface area contributed by atoms with Gasteiger partial charge in [-0.2, -0.15) is 0 Å². The molecule has 0 spiro atoms. The maximum atomic E-state index is 12.1. The van der Waals surface area contributed by atoms with E-state index in [1.54, 1.807) is 0 Å². The summed E-state index contributed by atoms with van der Waals surface area (Å²) in [4.78, 5) is 23.7. The Hall–Kier alpha value is -2.04. The third-order valence-electron chi connectivity index (χ3n) is 4.07. The fourth-order valence-electron chi connectivity index (χ4n) is 3.05. The Morgan fingerprint density at radius 3 is 2.74 bits per heavy atom. The zero-order valence-electron chi connectivity index (χ0n) is 14.0. The van der Waals surface area contributed by atoms with Gasteiger partial charge in [-0.25, -0.2) is 0 Å². The van der Waals surface area contributed by atoms with Crippen molar-refractivity contribution in [3.05, 3.63) is 29.3 Å². The Balaban J connectivity index is 1.81. The van der Waals surface area contributed by atoms with Crippen molar-refractivity contribution in [1.29, 1.82) is 0 Å². The van der Waals surface area contributed by atoms with Crippen LogP contribution < -0.4 is 16.4 Å². The Morgan fingerprint density at radius 2 is 2.00 bits per heavy atom. The van der Waals surface area contributed by atoms with Gasteiger partial charge in [0.25, 0.3) is 0 Å². The van der Waals surface area contributed by atoms with Crippen molar-refractivity contribution in [3.63, 3.8) is 0 Å². The molecule has 1 unspecified atom stereocenters. The van der Waals surface area contributed by atoms with Gasteiger partial charge in [0.15, 0.2) is 0 Å². The summed E-state index contributed by atoms with van der Waals surface area (Å²) in [6, 6.07) is 6.12. The fourth-order valence-corrected chi connectivity index (χ4v) is 3.05. The van der Waals surface area contributed by atoms with E-state index in [0.29, 0.717) is 19.3 Å². The molecule has 5 nitrogen and oxygen atoms in total. The van der Waals surface area contributed by atoms with Crippen LogP contribution in [0.5, 0.6) is 0 Å². The molecular weight excluding hydrogens is 290 g/mol. The lowest BCUT2D eigenvalue weighted by molar-refractivity contribution is -0.123. The molecule has 1 aromatic rings. The Kier molecular flexibility index (Phi) is 6.02. The highest BCUT2D eigenvalue weighted by atomic mass is 16.2. The predicted octanol–water partition coefficient (Wildman–Crippen LogP) is 2.46. The van der Waals surface area contributed by atoms with Crippen LogP contribution in [0.2, 0.25) is 0 Å². The van der Waals surface area contributed by atoms with E-state index >= 15 is 0 Å². The summed E-state index contributed by atoms with van der Waals surface area (Å²) < 4.78 is 0. The molecule has 5 heteroatoms. The Bertz CT molecular complexity index is 569. The minimum absolute atomic E-state index is 0.00582.